The molecule has 2 atom stereocenters. The minimum absolute atomic E-state index is 0.194. The van der Waals surface area contributed by atoms with E-state index in [2.05, 4.69) is 18.9 Å². The number of benzene rings is 1. The molecule has 2 rings (SSSR count). The van der Waals surface area contributed by atoms with E-state index >= 15 is 0 Å². The number of aliphatic hydroxyl groups is 1. The molecule has 0 bridgehead atoms. The van der Waals surface area contributed by atoms with Crippen LogP contribution in [0.3, 0.4) is 0 Å². The fraction of sp³-hybridized carbons (Fsp3) is 0.438. The van der Waals surface area contributed by atoms with Gasteiger partial charge in [0.2, 0.25) is 0 Å². The molecule has 1 aromatic heterocycles. The van der Waals surface area contributed by atoms with Gasteiger partial charge in [0.05, 0.1) is 11.3 Å². The minimum atomic E-state index is -1.38. The summed E-state index contributed by atoms with van der Waals surface area (Å²) < 4.78 is 28.4. The molecule has 0 fully saturated rings. The lowest BCUT2D eigenvalue weighted by molar-refractivity contribution is 0.0557. The van der Waals surface area contributed by atoms with Crippen molar-refractivity contribution < 1.29 is 13.9 Å². The van der Waals surface area contributed by atoms with Crippen LogP contribution in [0, 0.1) is 11.6 Å². The first-order valence-corrected chi connectivity index (χ1v) is 7.05. The van der Waals surface area contributed by atoms with E-state index in [9.17, 15) is 13.9 Å². The topological polar surface area (TPSA) is 38.0 Å². The molecule has 1 aromatic carbocycles. The van der Waals surface area contributed by atoms with E-state index in [0.717, 1.165) is 24.6 Å². The quantitative estimate of drug-likeness (QED) is 0.915. The van der Waals surface area contributed by atoms with Crippen molar-refractivity contribution >= 4 is 0 Å². The normalized spacial score (nSPS) is 15.7. The van der Waals surface area contributed by atoms with Gasteiger partial charge in [0.15, 0.2) is 0 Å². The first kappa shape index (κ1) is 15.6. The van der Waals surface area contributed by atoms with E-state index in [1.807, 2.05) is 16.9 Å². The summed E-state index contributed by atoms with van der Waals surface area (Å²) >= 11 is 0. The van der Waals surface area contributed by atoms with Crippen LogP contribution >= 0.6 is 0 Å². The molecule has 0 radical (unpaired) electrons. The van der Waals surface area contributed by atoms with Crippen molar-refractivity contribution in [2.75, 3.05) is 0 Å². The first-order valence-electron chi connectivity index (χ1n) is 7.05. The number of aromatic nitrogens is 2. The van der Waals surface area contributed by atoms with Crippen molar-refractivity contribution in [3.8, 4) is 0 Å². The van der Waals surface area contributed by atoms with Gasteiger partial charge in [-0.15, -0.1) is 0 Å². The third-order valence-electron chi connectivity index (χ3n) is 3.72. The van der Waals surface area contributed by atoms with Crippen molar-refractivity contribution in [1.29, 1.82) is 0 Å². The van der Waals surface area contributed by atoms with Crippen LogP contribution in [0.5, 0.6) is 0 Å². The summed E-state index contributed by atoms with van der Waals surface area (Å²) in [6, 6.07) is 5.17. The van der Waals surface area contributed by atoms with Gasteiger partial charge < -0.3 is 5.11 Å². The molecule has 0 aliphatic rings. The first-order chi connectivity index (χ1) is 9.81. The van der Waals surface area contributed by atoms with E-state index in [-0.39, 0.29) is 18.0 Å². The molecule has 0 saturated heterocycles. The highest BCUT2D eigenvalue weighted by Crippen LogP contribution is 2.26. The Balaban J connectivity index is 2.22. The fourth-order valence-corrected chi connectivity index (χ4v) is 2.22. The van der Waals surface area contributed by atoms with Crippen LogP contribution < -0.4 is 0 Å². The van der Waals surface area contributed by atoms with Crippen LogP contribution in [0.25, 0.3) is 0 Å². The minimum Gasteiger partial charge on any atom is -0.385 e. The van der Waals surface area contributed by atoms with Gasteiger partial charge in [-0.05, 0) is 44.0 Å². The Morgan fingerprint density at radius 3 is 2.48 bits per heavy atom. The summed E-state index contributed by atoms with van der Waals surface area (Å²) in [5.41, 5.74) is -0.486. The van der Waals surface area contributed by atoms with Gasteiger partial charge in [-0.1, -0.05) is 6.92 Å². The highest BCUT2D eigenvalue weighted by atomic mass is 19.1. The van der Waals surface area contributed by atoms with Crippen molar-refractivity contribution in [1.82, 2.24) is 9.78 Å². The zero-order chi connectivity index (χ0) is 15.6. The van der Waals surface area contributed by atoms with Crippen LogP contribution in [0.1, 0.15) is 44.5 Å². The molecule has 0 aliphatic heterocycles. The maximum Gasteiger partial charge on any atom is 0.126 e. The molecule has 5 heteroatoms. The average Bonchev–Trinajstić information content (AvgIpc) is 2.84. The molecule has 114 valence electrons. The molecule has 1 heterocycles. The Bertz CT molecular complexity index is 602. The lowest BCUT2D eigenvalue weighted by Crippen LogP contribution is -2.25. The summed E-state index contributed by atoms with van der Waals surface area (Å²) in [6.07, 6.45) is 3.00. The van der Waals surface area contributed by atoms with E-state index in [1.54, 1.807) is 0 Å². The van der Waals surface area contributed by atoms with Crippen LogP contribution in [0.4, 0.5) is 8.78 Å². The molecular weight excluding hydrogens is 274 g/mol. The van der Waals surface area contributed by atoms with Crippen LogP contribution in [0.2, 0.25) is 0 Å². The number of hydrogen-bond acceptors (Lipinski definition) is 2. The lowest BCUT2D eigenvalue weighted by Gasteiger charge is -2.23. The SMILES string of the molecule is CCC(C)n1ccc(CC(C)(O)c2cc(F)cc(F)c2)n1. The van der Waals surface area contributed by atoms with Gasteiger partial charge in [-0.3, -0.25) is 4.68 Å². The van der Waals surface area contributed by atoms with E-state index in [1.165, 1.54) is 6.92 Å². The zero-order valence-corrected chi connectivity index (χ0v) is 12.5. The molecular formula is C16H20F2N2O. The molecule has 2 unspecified atom stereocenters. The second kappa shape index (κ2) is 5.93. The Morgan fingerprint density at radius 1 is 1.29 bits per heavy atom. The zero-order valence-electron chi connectivity index (χ0n) is 12.5. The smallest absolute Gasteiger partial charge is 0.126 e. The average molecular weight is 294 g/mol. The molecule has 3 nitrogen and oxygen atoms in total. The maximum atomic E-state index is 13.3. The number of rotatable bonds is 5. The number of nitrogens with zero attached hydrogens (tertiary/aromatic N) is 2. The summed E-state index contributed by atoms with van der Waals surface area (Å²) in [6.45, 7) is 5.65. The van der Waals surface area contributed by atoms with Crippen LogP contribution in [-0.4, -0.2) is 14.9 Å². The molecule has 0 amide bonds. The lowest BCUT2D eigenvalue weighted by atomic mass is 9.91. The second-order valence-electron chi connectivity index (χ2n) is 5.65. The van der Waals surface area contributed by atoms with E-state index in [0.29, 0.717) is 5.69 Å². The predicted octanol–water partition coefficient (Wildman–Crippen LogP) is 3.58. The summed E-state index contributed by atoms with van der Waals surface area (Å²) in [5.74, 6) is -1.40. The van der Waals surface area contributed by atoms with Crippen LogP contribution in [-0.2, 0) is 12.0 Å². The molecule has 2 aromatic rings. The fourth-order valence-electron chi connectivity index (χ4n) is 2.22. The summed E-state index contributed by atoms with van der Waals surface area (Å²) in [4.78, 5) is 0. The third kappa shape index (κ3) is 3.67. The molecule has 0 spiro atoms. The van der Waals surface area contributed by atoms with Gasteiger partial charge in [0, 0.05) is 24.7 Å². The highest BCUT2D eigenvalue weighted by molar-refractivity contribution is 5.25. The van der Waals surface area contributed by atoms with Gasteiger partial charge in [0.25, 0.3) is 0 Å². The van der Waals surface area contributed by atoms with Crippen molar-refractivity contribution in [2.24, 2.45) is 0 Å². The summed E-state index contributed by atoms with van der Waals surface area (Å²) in [7, 11) is 0. The Morgan fingerprint density at radius 2 is 1.90 bits per heavy atom. The van der Waals surface area contributed by atoms with Gasteiger partial charge in [-0.25, -0.2) is 8.78 Å². The molecule has 0 aliphatic carbocycles. The maximum absolute atomic E-state index is 13.3. The van der Waals surface area contributed by atoms with E-state index < -0.39 is 17.2 Å². The van der Waals surface area contributed by atoms with Gasteiger partial charge in [0.1, 0.15) is 11.6 Å². The van der Waals surface area contributed by atoms with Crippen molar-refractivity contribution in [2.45, 2.75) is 45.3 Å². The third-order valence-corrected chi connectivity index (χ3v) is 3.72. The Kier molecular flexibility index (Phi) is 4.42. The van der Waals surface area contributed by atoms with Crippen molar-refractivity contribution in [3.05, 3.63) is 53.4 Å². The summed E-state index contributed by atoms with van der Waals surface area (Å²) in [5, 5.41) is 14.9. The number of halogens is 2. The largest absolute Gasteiger partial charge is 0.385 e. The Hall–Kier alpha value is -1.75. The van der Waals surface area contributed by atoms with Crippen LogP contribution in [0.15, 0.2) is 30.5 Å². The molecule has 0 saturated carbocycles. The van der Waals surface area contributed by atoms with Gasteiger partial charge in [-0.2, -0.15) is 5.10 Å². The molecule has 21 heavy (non-hydrogen) atoms. The second-order valence-corrected chi connectivity index (χ2v) is 5.65. The molecule has 1 N–H and O–H groups in total. The standard InChI is InChI=1S/C16H20F2N2O/c1-4-11(2)20-6-5-15(19-20)10-16(3,21)12-7-13(17)9-14(18)8-12/h5-9,11,21H,4,10H2,1-3H3. The number of hydrogen-bond donors (Lipinski definition) is 1. The van der Waals surface area contributed by atoms with Gasteiger partial charge >= 0.3 is 0 Å². The Labute approximate surface area is 123 Å². The van der Waals surface area contributed by atoms with Crippen molar-refractivity contribution in [3.63, 3.8) is 0 Å². The predicted molar refractivity (Wildman–Crippen MR) is 76.9 cm³/mol. The highest BCUT2D eigenvalue weighted by Gasteiger charge is 2.26. The van der Waals surface area contributed by atoms with E-state index in [4.69, 9.17) is 0 Å². The monoisotopic (exact) mass is 294 g/mol.